The van der Waals surface area contributed by atoms with Gasteiger partial charge in [-0.3, -0.25) is 9.69 Å². The SMILES string of the molecule is CCOC(=O)c1c(NC(=O)CS(=O)(=O)c2ccc(C)cc2)sc2c1CCN(Cc1ccccc1)C2. The van der Waals surface area contributed by atoms with Gasteiger partial charge in [-0.15, -0.1) is 11.3 Å². The Labute approximate surface area is 209 Å². The van der Waals surface area contributed by atoms with Crippen LogP contribution in [-0.4, -0.2) is 44.1 Å². The van der Waals surface area contributed by atoms with Crippen LogP contribution in [0.5, 0.6) is 0 Å². The van der Waals surface area contributed by atoms with E-state index in [4.69, 9.17) is 4.74 Å². The van der Waals surface area contributed by atoms with Crippen LogP contribution in [0.3, 0.4) is 0 Å². The number of amides is 1. The Bertz CT molecular complexity index is 1320. The van der Waals surface area contributed by atoms with E-state index in [0.717, 1.165) is 29.1 Å². The van der Waals surface area contributed by atoms with Crippen LogP contribution in [0.1, 0.15) is 38.8 Å². The van der Waals surface area contributed by atoms with Crippen molar-refractivity contribution in [3.8, 4) is 0 Å². The van der Waals surface area contributed by atoms with E-state index in [1.807, 2.05) is 25.1 Å². The highest BCUT2D eigenvalue weighted by molar-refractivity contribution is 7.92. The maximum absolute atomic E-state index is 12.8. The normalized spacial score (nSPS) is 13.8. The summed E-state index contributed by atoms with van der Waals surface area (Å²) in [5.74, 6) is -1.89. The molecule has 0 bridgehead atoms. The number of thiophene rings is 1. The molecule has 7 nitrogen and oxygen atoms in total. The number of hydrogen-bond acceptors (Lipinski definition) is 7. The van der Waals surface area contributed by atoms with Gasteiger partial charge in [0.25, 0.3) is 0 Å². The van der Waals surface area contributed by atoms with Crippen LogP contribution < -0.4 is 5.32 Å². The van der Waals surface area contributed by atoms with Crippen molar-refractivity contribution in [1.82, 2.24) is 4.90 Å². The molecule has 0 unspecified atom stereocenters. The Morgan fingerprint density at radius 2 is 1.80 bits per heavy atom. The minimum atomic E-state index is -3.82. The lowest BCUT2D eigenvalue weighted by atomic mass is 10.0. The lowest BCUT2D eigenvalue weighted by molar-refractivity contribution is -0.113. The number of aryl methyl sites for hydroxylation is 1. The Morgan fingerprint density at radius 3 is 2.49 bits per heavy atom. The first-order valence-electron chi connectivity index (χ1n) is 11.4. The van der Waals surface area contributed by atoms with Crippen molar-refractivity contribution in [2.24, 2.45) is 0 Å². The molecule has 4 rings (SSSR count). The summed E-state index contributed by atoms with van der Waals surface area (Å²) in [5, 5.41) is 3.04. The van der Waals surface area contributed by atoms with E-state index in [1.165, 1.54) is 29.0 Å². The second kappa shape index (κ2) is 10.7. The van der Waals surface area contributed by atoms with Crippen LogP contribution >= 0.6 is 11.3 Å². The third kappa shape index (κ3) is 5.98. The van der Waals surface area contributed by atoms with Gasteiger partial charge in [-0.05, 0) is 43.5 Å². The van der Waals surface area contributed by atoms with Crippen molar-refractivity contribution in [3.63, 3.8) is 0 Å². The number of rotatable bonds is 8. The van der Waals surface area contributed by atoms with Crippen LogP contribution in [-0.2, 0) is 38.9 Å². The number of sulfone groups is 1. The predicted molar refractivity (Wildman–Crippen MR) is 136 cm³/mol. The number of ether oxygens (including phenoxy) is 1. The molecular formula is C26H28N2O5S2. The highest BCUT2D eigenvalue weighted by Gasteiger charge is 2.30. The van der Waals surface area contributed by atoms with Gasteiger partial charge in [0.2, 0.25) is 5.91 Å². The summed E-state index contributed by atoms with van der Waals surface area (Å²) in [4.78, 5) is 28.9. The second-order valence-electron chi connectivity index (χ2n) is 8.49. The quantitative estimate of drug-likeness (QED) is 0.455. The molecule has 2 heterocycles. The Kier molecular flexibility index (Phi) is 7.69. The van der Waals surface area contributed by atoms with Crippen LogP contribution in [0.4, 0.5) is 5.00 Å². The smallest absolute Gasteiger partial charge is 0.341 e. The molecule has 0 atom stereocenters. The molecule has 0 aliphatic carbocycles. The van der Waals surface area contributed by atoms with Crippen molar-refractivity contribution in [2.45, 2.75) is 38.3 Å². The second-order valence-corrected chi connectivity index (χ2v) is 11.6. The summed E-state index contributed by atoms with van der Waals surface area (Å²) >= 11 is 1.31. The number of carbonyl (C=O) groups excluding carboxylic acids is 2. The maximum atomic E-state index is 12.8. The molecule has 0 fully saturated rings. The molecule has 0 saturated carbocycles. The van der Waals surface area contributed by atoms with Crippen molar-refractivity contribution < 1.29 is 22.7 Å². The number of nitrogens with zero attached hydrogens (tertiary/aromatic N) is 1. The molecule has 1 amide bonds. The van der Waals surface area contributed by atoms with Crippen LogP contribution in [0.25, 0.3) is 0 Å². The highest BCUT2D eigenvalue weighted by atomic mass is 32.2. The average Bonchev–Trinajstić information content (AvgIpc) is 3.16. The first-order valence-corrected chi connectivity index (χ1v) is 13.9. The van der Waals surface area contributed by atoms with Gasteiger partial charge in [0.15, 0.2) is 9.84 Å². The number of nitrogens with one attached hydrogen (secondary N) is 1. The average molecular weight is 513 g/mol. The highest BCUT2D eigenvalue weighted by Crippen LogP contribution is 2.38. The Balaban J connectivity index is 1.54. The van der Waals surface area contributed by atoms with Crippen molar-refractivity contribution in [3.05, 3.63) is 81.7 Å². The Morgan fingerprint density at radius 1 is 1.09 bits per heavy atom. The fourth-order valence-electron chi connectivity index (χ4n) is 4.10. The summed E-state index contributed by atoms with van der Waals surface area (Å²) in [7, 11) is -3.82. The minimum Gasteiger partial charge on any atom is -0.462 e. The summed E-state index contributed by atoms with van der Waals surface area (Å²) in [6, 6.07) is 16.5. The molecule has 0 spiro atoms. The summed E-state index contributed by atoms with van der Waals surface area (Å²) in [6.07, 6.45) is 0.643. The number of esters is 1. The topological polar surface area (TPSA) is 92.8 Å². The van der Waals surface area contributed by atoms with E-state index >= 15 is 0 Å². The van der Waals surface area contributed by atoms with Gasteiger partial charge >= 0.3 is 5.97 Å². The van der Waals surface area contributed by atoms with Gasteiger partial charge in [0.05, 0.1) is 17.1 Å². The lowest BCUT2D eigenvalue weighted by Crippen LogP contribution is -2.30. The largest absolute Gasteiger partial charge is 0.462 e. The predicted octanol–water partition coefficient (Wildman–Crippen LogP) is 4.20. The van der Waals surface area contributed by atoms with E-state index in [2.05, 4.69) is 22.3 Å². The van der Waals surface area contributed by atoms with Gasteiger partial charge in [-0.2, -0.15) is 0 Å². The summed E-state index contributed by atoms with van der Waals surface area (Å²) in [5.41, 5.74) is 3.34. The molecule has 1 aliphatic heterocycles. The summed E-state index contributed by atoms with van der Waals surface area (Å²) in [6.45, 7) is 5.98. The number of carbonyl (C=O) groups is 2. The lowest BCUT2D eigenvalue weighted by Gasteiger charge is -2.27. The molecule has 1 N–H and O–H groups in total. The van der Waals surface area contributed by atoms with Crippen molar-refractivity contribution >= 4 is 38.1 Å². The third-order valence-corrected chi connectivity index (χ3v) is 8.58. The number of anilines is 1. The van der Waals surface area contributed by atoms with Crippen molar-refractivity contribution in [2.75, 3.05) is 24.2 Å². The first-order chi connectivity index (χ1) is 16.8. The zero-order chi connectivity index (χ0) is 25.0. The number of hydrogen-bond donors (Lipinski definition) is 1. The van der Waals surface area contributed by atoms with Gasteiger partial charge in [-0.25, -0.2) is 13.2 Å². The van der Waals surface area contributed by atoms with E-state index < -0.39 is 27.5 Å². The molecule has 1 aromatic heterocycles. The van der Waals surface area contributed by atoms with E-state index in [-0.39, 0.29) is 11.5 Å². The number of fused-ring (bicyclic) bond motifs is 1. The van der Waals surface area contributed by atoms with E-state index in [1.54, 1.807) is 19.1 Å². The van der Waals surface area contributed by atoms with Gasteiger partial charge < -0.3 is 10.1 Å². The van der Waals surface area contributed by atoms with Gasteiger partial charge in [0, 0.05) is 24.5 Å². The summed E-state index contributed by atoms with van der Waals surface area (Å²) < 4.78 is 30.7. The molecule has 0 radical (unpaired) electrons. The molecule has 184 valence electrons. The molecule has 2 aromatic carbocycles. The first kappa shape index (κ1) is 25.1. The molecule has 1 aliphatic rings. The maximum Gasteiger partial charge on any atom is 0.341 e. The fourth-order valence-corrected chi connectivity index (χ4v) is 6.53. The van der Waals surface area contributed by atoms with Crippen LogP contribution in [0.2, 0.25) is 0 Å². The van der Waals surface area contributed by atoms with Gasteiger partial charge in [-0.1, -0.05) is 48.0 Å². The molecule has 3 aromatic rings. The molecule has 9 heteroatoms. The third-order valence-electron chi connectivity index (χ3n) is 5.82. The fraction of sp³-hybridized carbons (Fsp3) is 0.308. The van der Waals surface area contributed by atoms with E-state index in [9.17, 15) is 18.0 Å². The van der Waals surface area contributed by atoms with Crippen LogP contribution in [0, 0.1) is 6.92 Å². The standard InChI is InChI=1S/C26H28N2O5S2/c1-3-33-26(30)24-21-13-14-28(15-19-7-5-4-6-8-19)16-22(21)34-25(24)27-23(29)17-35(31,32)20-11-9-18(2)10-12-20/h4-12H,3,13-17H2,1-2H3,(H,27,29). The number of benzene rings is 2. The van der Waals surface area contributed by atoms with E-state index in [0.29, 0.717) is 23.5 Å². The zero-order valence-corrected chi connectivity index (χ0v) is 21.4. The van der Waals surface area contributed by atoms with Crippen LogP contribution in [0.15, 0.2) is 59.5 Å². The molecule has 0 saturated heterocycles. The monoisotopic (exact) mass is 512 g/mol. The zero-order valence-electron chi connectivity index (χ0n) is 19.7. The molecular weight excluding hydrogens is 484 g/mol. The van der Waals surface area contributed by atoms with Crippen molar-refractivity contribution in [1.29, 1.82) is 0 Å². The van der Waals surface area contributed by atoms with Gasteiger partial charge in [0.1, 0.15) is 10.8 Å². The molecule has 35 heavy (non-hydrogen) atoms. The minimum absolute atomic E-state index is 0.0888. The Hall–Kier alpha value is -3.01.